The van der Waals surface area contributed by atoms with E-state index in [1.165, 1.54) is 0 Å². The fourth-order valence-electron chi connectivity index (χ4n) is 0. The summed E-state index contributed by atoms with van der Waals surface area (Å²) in [4.78, 5) is 0. The van der Waals surface area contributed by atoms with E-state index in [9.17, 15) is 0 Å². The molecule has 0 saturated carbocycles. The van der Waals surface area contributed by atoms with Crippen molar-refractivity contribution in [3.05, 3.63) is 0 Å². The van der Waals surface area contributed by atoms with Crippen molar-refractivity contribution in [1.82, 2.24) is 0 Å². The van der Waals surface area contributed by atoms with Gasteiger partial charge in [-0.2, -0.15) is 0 Å². The summed E-state index contributed by atoms with van der Waals surface area (Å²) in [5.74, 6) is 0. The van der Waals surface area contributed by atoms with Crippen LogP contribution in [-0.2, 0) is 0 Å². The van der Waals surface area contributed by atoms with Crippen molar-refractivity contribution in [2.75, 3.05) is 0 Å². The Bertz CT molecular complexity index is 6.85. The molecule has 0 fully saturated rings. The van der Waals surface area contributed by atoms with Gasteiger partial charge >= 0.3 is 46.6 Å². The minimum absolute atomic E-state index is 0. The van der Waals surface area contributed by atoms with Crippen molar-refractivity contribution in [1.29, 1.82) is 0 Å². The third-order valence-corrected chi connectivity index (χ3v) is 0. The van der Waals surface area contributed by atoms with Crippen LogP contribution in [0.25, 0.3) is 0 Å². The van der Waals surface area contributed by atoms with Crippen LogP contribution in [0.15, 0.2) is 0 Å². The SMILES string of the molecule is O.O.[Na+].[OH-].[SeH2]. The molecular formula is H7NaO3Se. The van der Waals surface area contributed by atoms with Crippen LogP contribution in [0, 0.1) is 0 Å². The Labute approximate surface area is 62.8 Å². The Hall–Kier alpha value is 1.40. The molecule has 0 atom stereocenters. The summed E-state index contributed by atoms with van der Waals surface area (Å²) in [5.41, 5.74) is 0. The molecule has 0 aromatic carbocycles. The van der Waals surface area contributed by atoms with Gasteiger partial charge in [0.05, 0.1) is 0 Å². The van der Waals surface area contributed by atoms with Gasteiger partial charge in [0, 0.05) is 0 Å². The summed E-state index contributed by atoms with van der Waals surface area (Å²) < 4.78 is 0. The molecule has 0 spiro atoms. The van der Waals surface area contributed by atoms with Crippen molar-refractivity contribution >= 4 is 17.1 Å². The Morgan fingerprint density at radius 1 is 0.800 bits per heavy atom. The first kappa shape index (κ1) is 95.3. The molecule has 0 amide bonds. The topological polar surface area (TPSA) is 93.0 Å². The van der Waals surface area contributed by atoms with Gasteiger partial charge in [0.1, 0.15) is 0 Å². The zero-order valence-electron chi connectivity index (χ0n) is 2.95. The van der Waals surface area contributed by atoms with Gasteiger partial charge in [-0.15, -0.1) is 0 Å². The van der Waals surface area contributed by atoms with E-state index >= 15 is 0 Å². The van der Waals surface area contributed by atoms with Crippen LogP contribution in [0.5, 0.6) is 0 Å². The van der Waals surface area contributed by atoms with Crippen LogP contribution in [0.3, 0.4) is 0 Å². The summed E-state index contributed by atoms with van der Waals surface area (Å²) in [6.45, 7) is 0. The Morgan fingerprint density at radius 2 is 0.800 bits per heavy atom. The molecule has 0 aliphatic carbocycles. The molecule has 0 aliphatic heterocycles. The predicted octanol–water partition coefficient (Wildman–Crippen LogP) is -5.74. The van der Waals surface area contributed by atoms with Gasteiger partial charge in [-0.1, -0.05) is 0 Å². The first-order chi connectivity index (χ1) is 0. The van der Waals surface area contributed by atoms with Crippen LogP contribution >= 0.6 is 0 Å². The van der Waals surface area contributed by atoms with E-state index < -0.39 is 0 Å². The molecule has 5 heteroatoms. The van der Waals surface area contributed by atoms with E-state index in [0.717, 1.165) is 0 Å². The third kappa shape index (κ3) is 31.9. The standard InChI is InChI=1S/Na.3H2O.H2Se/h;4*1H2/q+1;;;;/p-1. The first-order valence-corrected chi connectivity index (χ1v) is 0. The Balaban J connectivity index is 0. The first-order valence-electron chi connectivity index (χ1n) is 0. The zero-order chi connectivity index (χ0) is 0. The number of hydrogen-bond donors (Lipinski definition) is 0. The molecule has 0 radical (unpaired) electrons. The second-order valence-electron chi connectivity index (χ2n) is 0. The molecule has 0 rings (SSSR count). The number of rotatable bonds is 0. The van der Waals surface area contributed by atoms with Gasteiger partial charge in [-0.05, 0) is 0 Å². The van der Waals surface area contributed by atoms with Gasteiger partial charge in [0.25, 0.3) is 0 Å². The quantitative estimate of drug-likeness (QED) is 0.322. The summed E-state index contributed by atoms with van der Waals surface area (Å²) in [7, 11) is 0. The van der Waals surface area contributed by atoms with Crippen molar-refractivity contribution in [3.8, 4) is 0 Å². The average Bonchev–Trinajstić information content (AvgIpc) is 0. The molecule has 0 unspecified atom stereocenters. The Kier molecular flexibility index (Phi) is 1020. The molecule has 5 N–H and O–H groups in total. The van der Waals surface area contributed by atoms with Crippen LogP contribution in [0.1, 0.15) is 0 Å². The molecule has 0 saturated heterocycles. The molecule has 32 valence electrons. The molecule has 0 aromatic heterocycles. The maximum absolute atomic E-state index is 0. The fraction of sp³-hybridized carbons (Fsp3) is 0. The van der Waals surface area contributed by atoms with Gasteiger partial charge < -0.3 is 16.4 Å². The zero-order valence-corrected chi connectivity index (χ0v) is 7.05. The predicted molar refractivity (Wildman–Crippen MR) is 17.7 cm³/mol. The van der Waals surface area contributed by atoms with Crippen LogP contribution in [0.2, 0.25) is 0 Å². The molecule has 5 heavy (non-hydrogen) atoms. The van der Waals surface area contributed by atoms with Gasteiger partial charge in [-0.3, -0.25) is 0 Å². The van der Waals surface area contributed by atoms with Crippen molar-refractivity contribution in [2.24, 2.45) is 0 Å². The minimum atomic E-state index is 0. The number of hydrogen-bond acceptors (Lipinski definition) is 1. The summed E-state index contributed by atoms with van der Waals surface area (Å²) in [5, 5.41) is 0. The van der Waals surface area contributed by atoms with E-state index in [1.54, 1.807) is 0 Å². The van der Waals surface area contributed by atoms with E-state index in [4.69, 9.17) is 0 Å². The van der Waals surface area contributed by atoms with Crippen molar-refractivity contribution in [3.63, 3.8) is 0 Å². The van der Waals surface area contributed by atoms with Gasteiger partial charge in [0.2, 0.25) is 0 Å². The van der Waals surface area contributed by atoms with E-state index in [1.807, 2.05) is 0 Å². The van der Waals surface area contributed by atoms with Gasteiger partial charge in [0.15, 0.2) is 0 Å². The third-order valence-electron chi connectivity index (χ3n) is 0. The maximum atomic E-state index is 0. The van der Waals surface area contributed by atoms with Crippen molar-refractivity contribution < 1.29 is 46.0 Å². The fourth-order valence-corrected chi connectivity index (χ4v) is 0. The van der Waals surface area contributed by atoms with E-state index in [0.29, 0.717) is 0 Å². The van der Waals surface area contributed by atoms with Crippen LogP contribution in [0.4, 0.5) is 0 Å². The monoisotopic (exact) mass is 158 g/mol. The molecule has 3 nitrogen and oxygen atoms in total. The summed E-state index contributed by atoms with van der Waals surface area (Å²) >= 11 is 0. The van der Waals surface area contributed by atoms with Crippen molar-refractivity contribution in [2.45, 2.75) is 0 Å². The Morgan fingerprint density at radius 3 is 0.800 bits per heavy atom. The van der Waals surface area contributed by atoms with Crippen LogP contribution < -0.4 is 29.6 Å². The molecule has 0 bridgehead atoms. The van der Waals surface area contributed by atoms with E-state index in [2.05, 4.69) is 0 Å². The molecule has 0 aliphatic rings. The second-order valence-corrected chi connectivity index (χ2v) is 0. The average molecular weight is 157 g/mol. The normalized spacial score (nSPS) is 0. The van der Waals surface area contributed by atoms with Gasteiger partial charge in [-0.25, -0.2) is 0 Å². The second kappa shape index (κ2) is 53.4. The van der Waals surface area contributed by atoms with Crippen LogP contribution in [-0.4, -0.2) is 33.5 Å². The molecule has 0 heterocycles. The molecular weight excluding hydrogens is 150 g/mol. The summed E-state index contributed by atoms with van der Waals surface area (Å²) in [6, 6.07) is 0. The van der Waals surface area contributed by atoms with E-state index in [-0.39, 0.29) is 63.1 Å². The molecule has 0 aromatic rings. The summed E-state index contributed by atoms with van der Waals surface area (Å²) in [6.07, 6.45) is 0.